The maximum atomic E-state index is 3.53. The summed E-state index contributed by atoms with van der Waals surface area (Å²) in [4.78, 5) is 0. The van der Waals surface area contributed by atoms with Gasteiger partial charge in [0.2, 0.25) is 0 Å². The zero-order valence-corrected chi connectivity index (χ0v) is 20.8. The van der Waals surface area contributed by atoms with Crippen molar-refractivity contribution in [3.63, 3.8) is 0 Å². The van der Waals surface area contributed by atoms with Gasteiger partial charge in [-0.3, -0.25) is 0 Å². The Labute approximate surface area is 153 Å². The molecule has 0 fully saturated rings. The van der Waals surface area contributed by atoms with E-state index in [2.05, 4.69) is 84.2 Å². The Morgan fingerprint density at radius 3 is 1.57 bits per heavy atom. The Balaban J connectivity index is 0.000000567. The van der Waals surface area contributed by atoms with Crippen molar-refractivity contribution in [3.05, 3.63) is 23.4 Å². The normalized spacial score (nSPS) is 17.9. The van der Waals surface area contributed by atoms with Gasteiger partial charge >= 0.3 is 154 Å². The molecule has 1 heterocycles. The van der Waals surface area contributed by atoms with Crippen LogP contribution in [0.5, 0.6) is 0 Å². The van der Waals surface area contributed by atoms with E-state index in [4.69, 9.17) is 0 Å². The first kappa shape index (κ1) is 21.4. The van der Waals surface area contributed by atoms with Crippen molar-refractivity contribution in [3.8, 4) is 0 Å². The fraction of sp³-hybridized carbons (Fsp3) is 0.667. The van der Waals surface area contributed by atoms with Gasteiger partial charge in [0.15, 0.2) is 0 Å². The van der Waals surface area contributed by atoms with Crippen LogP contribution < -0.4 is 5.32 Å². The fourth-order valence-electron chi connectivity index (χ4n) is 1.34. The summed E-state index contributed by atoms with van der Waals surface area (Å²) in [5.41, 5.74) is 3.21. The molecular formula is C18H29NW2-2. The molecule has 0 aromatic heterocycles. The molecule has 1 N–H and O–H groups in total. The first-order valence-corrected chi connectivity index (χ1v) is 10.2. The van der Waals surface area contributed by atoms with E-state index in [1.54, 1.807) is 0 Å². The van der Waals surface area contributed by atoms with E-state index in [0.717, 1.165) is 0 Å². The molecule has 120 valence electrons. The van der Waals surface area contributed by atoms with Crippen molar-refractivity contribution in [2.75, 3.05) is 0 Å². The van der Waals surface area contributed by atoms with E-state index in [1.807, 2.05) is 0 Å². The second kappa shape index (κ2) is 7.78. The molecule has 1 nitrogen and oxygen atoms in total. The van der Waals surface area contributed by atoms with Crippen LogP contribution in [0, 0.1) is 22.3 Å². The maximum absolute atomic E-state index is 3.53. The van der Waals surface area contributed by atoms with Gasteiger partial charge in [-0.05, 0) is 0 Å². The van der Waals surface area contributed by atoms with Gasteiger partial charge < -0.3 is 0 Å². The summed E-state index contributed by atoms with van der Waals surface area (Å²) >= 11 is 2.92. The van der Waals surface area contributed by atoms with Gasteiger partial charge in [-0.15, -0.1) is 0 Å². The van der Waals surface area contributed by atoms with Crippen molar-refractivity contribution in [2.45, 2.75) is 62.3 Å². The molecule has 0 saturated carbocycles. The van der Waals surface area contributed by atoms with Crippen LogP contribution in [0.2, 0.25) is 0 Å². The molecule has 0 spiro atoms. The Bertz CT molecular complexity index is 449. The van der Waals surface area contributed by atoms with Crippen LogP contribution in [0.3, 0.4) is 0 Å². The Hall–Kier alpha value is 0.397. The van der Waals surface area contributed by atoms with E-state index >= 15 is 0 Å². The number of nitrogens with one attached hydrogen (secondary N) is 1. The second-order valence-electron chi connectivity index (χ2n) is 8.40. The summed E-state index contributed by atoms with van der Waals surface area (Å²) in [6.45, 7) is 19.7. The molecule has 0 atom stereocenters. The van der Waals surface area contributed by atoms with Crippen LogP contribution in [0.1, 0.15) is 62.3 Å². The summed E-state index contributed by atoms with van der Waals surface area (Å²) in [7, 11) is 0. The number of hydrogen-bond donors (Lipinski definition) is 1. The summed E-state index contributed by atoms with van der Waals surface area (Å²) in [6, 6.07) is 0. The molecule has 21 heavy (non-hydrogen) atoms. The van der Waals surface area contributed by atoms with Crippen molar-refractivity contribution >= 4 is 8.42 Å². The molecule has 1 rings (SSSR count). The second-order valence-corrected chi connectivity index (χ2v) is 10.6. The van der Waals surface area contributed by atoms with Gasteiger partial charge in [0.05, 0.1) is 0 Å². The third-order valence-corrected chi connectivity index (χ3v) is 5.76. The first-order chi connectivity index (χ1) is 9.15. The molecule has 0 amide bonds. The molecular weight excluding hydrogens is 598 g/mol. The summed E-state index contributed by atoms with van der Waals surface area (Å²) in [5.74, 6) is 0. The molecule has 0 saturated heterocycles. The quantitative estimate of drug-likeness (QED) is 0.397. The van der Waals surface area contributed by atoms with Crippen molar-refractivity contribution < 1.29 is 38.7 Å². The molecule has 0 radical (unpaired) electrons. The van der Waals surface area contributed by atoms with Crippen molar-refractivity contribution in [2.24, 2.45) is 16.2 Å². The average molecular weight is 627 g/mol. The Morgan fingerprint density at radius 1 is 0.905 bits per heavy atom. The first-order valence-electron chi connectivity index (χ1n) is 7.24. The summed E-state index contributed by atoms with van der Waals surface area (Å²) in [6.07, 6.45) is 5.78. The van der Waals surface area contributed by atoms with Gasteiger partial charge in [-0.2, -0.15) is 0 Å². The predicted octanol–water partition coefficient (Wildman–Crippen LogP) is 4.23. The van der Waals surface area contributed by atoms with Gasteiger partial charge in [-0.1, -0.05) is 0 Å². The van der Waals surface area contributed by atoms with E-state index in [0.29, 0.717) is 5.41 Å². The third kappa shape index (κ3) is 9.91. The zero-order chi connectivity index (χ0) is 17.1. The van der Waals surface area contributed by atoms with E-state index in [1.165, 1.54) is 54.0 Å². The van der Waals surface area contributed by atoms with E-state index < -0.39 is 0 Å². The van der Waals surface area contributed by atoms with Crippen molar-refractivity contribution in [1.82, 2.24) is 5.32 Å². The average Bonchev–Trinajstić information content (AvgIpc) is 2.57. The van der Waals surface area contributed by atoms with Gasteiger partial charge in [0.25, 0.3) is 0 Å². The molecule has 0 aromatic carbocycles. The fourth-order valence-corrected chi connectivity index (χ4v) is 2.13. The Morgan fingerprint density at radius 2 is 1.33 bits per heavy atom. The van der Waals surface area contributed by atoms with Crippen LogP contribution in [-0.4, -0.2) is 8.42 Å². The minimum atomic E-state index is 0.127. The van der Waals surface area contributed by atoms with Crippen LogP contribution >= 0.6 is 0 Å². The standard InChI is InChI=1S/C13H20N.C5H9.2W/c1-12(2,3)8-10-7-11(14-9-10)13(4,5)6;1-5(2,3)4;;/h7,14H,1-6H3;1-3H3;;/q2*-1;;. The topological polar surface area (TPSA) is 12.0 Å². The molecule has 1 aliphatic rings. The van der Waals surface area contributed by atoms with Gasteiger partial charge in [-0.25, -0.2) is 0 Å². The zero-order valence-electron chi connectivity index (χ0n) is 14.9. The summed E-state index contributed by atoms with van der Waals surface area (Å²) in [5, 5.41) is 3.48. The number of allylic oxidation sites excluding steroid dienone is 2. The van der Waals surface area contributed by atoms with Crippen LogP contribution in [0.15, 0.2) is 17.3 Å². The Kier molecular flexibility index (Phi) is 7.93. The van der Waals surface area contributed by atoms with Crippen molar-refractivity contribution in [1.29, 1.82) is 0 Å². The van der Waals surface area contributed by atoms with Crippen LogP contribution in [0.4, 0.5) is 0 Å². The molecule has 0 aliphatic carbocycles. The number of rotatable bonds is 0. The van der Waals surface area contributed by atoms with E-state index in [9.17, 15) is 0 Å². The monoisotopic (exact) mass is 627 g/mol. The van der Waals surface area contributed by atoms with Gasteiger partial charge in [0, 0.05) is 0 Å². The number of hydrogen-bond acceptors (Lipinski definition) is 1. The molecule has 3 heteroatoms. The molecule has 0 unspecified atom stereocenters. The van der Waals surface area contributed by atoms with E-state index in [-0.39, 0.29) is 10.8 Å². The molecule has 0 bridgehead atoms. The third-order valence-electron chi connectivity index (χ3n) is 2.41. The SMILES string of the molecule is CC(C)(C)[C-]=C1C=C(C(C)(C)C)N[C]1=[W].CC(C)(C)[C-]=[W]. The van der Waals surface area contributed by atoms with Crippen LogP contribution in [0.25, 0.3) is 0 Å². The minimum absolute atomic E-state index is 0.127. The van der Waals surface area contributed by atoms with Gasteiger partial charge in [0.1, 0.15) is 0 Å². The molecule has 1 aliphatic heterocycles. The molecule has 0 aromatic rings. The van der Waals surface area contributed by atoms with Crippen LogP contribution in [-0.2, 0) is 38.7 Å². The predicted molar refractivity (Wildman–Crippen MR) is 86.4 cm³/mol. The summed E-state index contributed by atoms with van der Waals surface area (Å²) < 4.78 is 4.49.